The lowest BCUT2D eigenvalue weighted by Crippen LogP contribution is -2.29. The van der Waals surface area contributed by atoms with E-state index in [2.05, 4.69) is 35.0 Å². The molecule has 0 rings (SSSR count). The number of aliphatic hydroxyl groups excluding tert-OH is 2. The van der Waals surface area contributed by atoms with Gasteiger partial charge in [-0.15, -0.1) is 0 Å². The van der Waals surface area contributed by atoms with Crippen LogP contribution in [0.2, 0.25) is 0 Å². The van der Waals surface area contributed by atoms with E-state index in [0.29, 0.717) is 32.1 Å². The van der Waals surface area contributed by atoms with Crippen LogP contribution in [0, 0.1) is 0 Å². The lowest BCUT2D eigenvalue weighted by Gasteiger charge is -2.20. The number of aliphatic hydroxyl groups is 2. The van der Waals surface area contributed by atoms with Crippen LogP contribution in [0.15, 0.2) is 60.8 Å². The molecule has 0 saturated heterocycles. The Balaban J connectivity index is 4.67. The number of unbranched alkanes of at least 4 members (excludes halogenated alkanes) is 15. The van der Waals surface area contributed by atoms with Crippen molar-refractivity contribution < 1.29 is 66.7 Å². The highest BCUT2D eigenvalue weighted by Crippen LogP contribution is 2.43. The molecule has 0 fully saturated rings. The quantitative estimate of drug-likeness (QED) is 0.0127. The van der Waals surface area contributed by atoms with Gasteiger partial charge in [0.25, 0.3) is 0 Å². The van der Waals surface area contributed by atoms with Gasteiger partial charge in [-0.25, -0.2) is 9.13 Å². The van der Waals surface area contributed by atoms with Gasteiger partial charge >= 0.3 is 27.6 Å². The number of allylic oxidation sites excluding steroid dienone is 8. The van der Waals surface area contributed by atoms with Gasteiger partial charge in [0.05, 0.1) is 25.9 Å². The van der Waals surface area contributed by atoms with Gasteiger partial charge in [0, 0.05) is 12.8 Å². The molecule has 16 heteroatoms. The fraction of sp³-hybridized carbons (Fsp3) is 0.727. The first-order valence-electron chi connectivity index (χ1n) is 22.1. The maximum atomic E-state index is 12.6. The molecule has 348 valence electrons. The number of rotatable bonds is 41. The SMILES string of the molecule is CC/C=C\C/C=C\CC(O)/C=C/C=C\C/C=C\CCCC(=O)O[C@H](COC(=O)CCCCCCCCCCCCCCCCC)COP(=O)(O)OC[C@@H](O)COP(=O)(O)O. The van der Waals surface area contributed by atoms with Gasteiger partial charge in [0.2, 0.25) is 0 Å². The second-order valence-corrected chi connectivity index (χ2v) is 17.5. The van der Waals surface area contributed by atoms with Crippen molar-refractivity contribution in [2.24, 2.45) is 0 Å². The summed E-state index contributed by atoms with van der Waals surface area (Å²) in [6, 6.07) is 0. The monoisotopic (exact) mass is 892 g/mol. The lowest BCUT2D eigenvalue weighted by molar-refractivity contribution is -0.161. The van der Waals surface area contributed by atoms with Crippen LogP contribution in [0.3, 0.4) is 0 Å². The van der Waals surface area contributed by atoms with Crippen molar-refractivity contribution in [1.82, 2.24) is 0 Å². The Labute approximate surface area is 360 Å². The molecule has 0 bridgehead atoms. The Morgan fingerprint density at radius 1 is 0.567 bits per heavy atom. The van der Waals surface area contributed by atoms with Gasteiger partial charge in [-0.3, -0.25) is 23.2 Å². The number of hydrogen-bond donors (Lipinski definition) is 5. The molecule has 5 N–H and O–H groups in total. The molecule has 2 unspecified atom stereocenters. The summed E-state index contributed by atoms with van der Waals surface area (Å²) >= 11 is 0. The molecule has 0 saturated carbocycles. The van der Waals surface area contributed by atoms with Crippen LogP contribution in [-0.4, -0.2) is 81.6 Å². The van der Waals surface area contributed by atoms with Gasteiger partial charge in [0.15, 0.2) is 6.10 Å². The minimum atomic E-state index is -4.88. The van der Waals surface area contributed by atoms with Crippen molar-refractivity contribution in [2.75, 3.05) is 26.4 Å². The number of hydrogen-bond acceptors (Lipinski definition) is 11. The topological polar surface area (TPSA) is 216 Å². The highest BCUT2D eigenvalue weighted by atomic mass is 31.2. The molecule has 0 aliphatic rings. The summed E-state index contributed by atoms with van der Waals surface area (Å²) in [5, 5.41) is 19.8. The van der Waals surface area contributed by atoms with E-state index in [1.165, 1.54) is 70.6 Å². The minimum Gasteiger partial charge on any atom is -0.462 e. The van der Waals surface area contributed by atoms with Crippen LogP contribution in [0.1, 0.15) is 162 Å². The van der Waals surface area contributed by atoms with Crippen molar-refractivity contribution in [3.05, 3.63) is 60.8 Å². The van der Waals surface area contributed by atoms with Crippen LogP contribution in [0.25, 0.3) is 0 Å². The van der Waals surface area contributed by atoms with Crippen molar-refractivity contribution in [3.63, 3.8) is 0 Å². The fourth-order valence-corrected chi connectivity index (χ4v) is 6.80. The number of ether oxygens (including phenoxy) is 2. The molecule has 0 spiro atoms. The Hall–Kier alpha value is -2.22. The summed E-state index contributed by atoms with van der Waals surface area (Å²) in [7, 11) is -9.72. The zero-order chi connectivity index (χ0) is 44.6. The average Bonchev–Trinajstić information content (AvgIpc) is 3.20. The first kappa shape index (κ1) is 57.8. The summed E-state index contributed by atoms with van der Waals surface area (Å²) in [6.45, 7) is 1.50. The van der Waals surface area contributed by atoms with E-state index < -0.39 is 72.3 Å². The largest absolute Gasteiger partial charge is 0.472 e. The van der Waals surface area contributed by atoms with Gasteiger partial charge < -0.3 is 34.4 Å². The molecular weight excluding hydrogens is 814 g/mol. The highest BCUT2D eigenvalue weighted by molar-refractivity contribution is 7.47. The van der Waals surface area contributed by atoms with Crippen molar-refractivity contribution in [2.45, 2.75) is 180 Å². The van der Waals surface area contributed by atoms with Crippen LogP contribution >= 0.6 is 15.6 Å². The predicted octanol–water partition coefficient (Wildman–Crippen LogP) is 10.2. The van der Waals surface area contributed by atoms with E-state index >= 15 is 0 Å². The average molecular weight is 893 g/mol. The molecule has 60 heavy (non-hydrogen) atoms. The first-order valence-corrected chi connectivity index (χ1v) is 25.1. The number of phosphoric acid groups is 2. The third-order valence-electron chi connectivity index (χ3n) is 8.99. The second-order valence-electron chi connectivity index (χ2n) is 14.8. The molecule has 0 heterocycles. The molecule has 0 aliphatic heterocycles. The Morgan fingerprint density at radius 2 is 1.10 bits per heavy atom. The van der Waals surface area contributed by atoms with Gasteiger partial charge in [-0.1, -0.05) is 164 Å². The Morgan fingerprint density at radius 3 is 1.72 bits per heavy atom. The number of carbonyl (C=O) groups excluding carboxylic acids is 2. The van der Waals surface area contributed by atoms with E-state index in [4.69, 9.17) is 23.8 Å². The van der Waals surface area contributed by atoms with Crippen molar-refractivity contribution >= 4 is 27.6 Å². The third kappa shape index (κ3) is 42.5. The maximum absolute atomic E-state index is 12.6. The van der Waals surface area contributed by atoms with Crippen LogP contribution in [0.5, 0.6) is 0 Å². The summed E-state index contributed by atoms with van der Waals surface area (Å²) in [4.78, 5) is 52.7. The Bertz CT molecular complexity index is 1310. The second kappa shape index (κ2) is 39.6. The highest BCUT2D eigenvalue weighted by Gasteiger charge is 2.28. The lowest BCUT2D eigenvalue weighted by atomic mass is 10.0. The molecule has 0 aromatic carbocycles. The van der Waals surface area contributed by atoms with Gasteiger partial charge in [-0.05, 0) is 44.9 Å². The zero-order valence-electron chi connectivity index (χ0n) is 36.4. The van der Waals surface area contributed by atoms with Crippen LogP contribution in [-0.2, 0) is 41.8 Å². The van der Waals surface area contributed by atoms with Crippen molar-refractivity contribution in [3.8, 4) is 0 Å². The van der Waals surface area contributed by atoms with E-state index in [9.17, 15) is 33.8 Å². The van der Waals surface area contributed by atoms with E-state index in [-0.39, 0.29) is 12.8 Å². The molecule has 0 radical (unpaired) electrons. The zero-order valence-corrected chi connectivity index (χ0v) is 38.2. The molecular formula is C44H78O14P2. The normalized spacial score (nSPS) is 15.1. The fourth-order valence-electron chi connectivity index (χ4n) is 5.64. The van der Waals surface area contributed by atoms with Crippen LogP contribution < -0.4 is 0 Å². The summed E-state index contributed by atoms with van der Waals surface area (Å²) in [5.74, 6) is -1.14. The molecule has 14 nitrogen and oxygen atoms in total. The minimum absolute atomic E-state index is 0.0206. The summed E-state index contributed by atoms with van der Waals surface area (Å²) in [6.07, 6.45) is 38.2. The van der Waals surface area contributed by atoms with Crippen molar-refractivity contribution in [1.29, 1.82) is 0 Å². The molecule has 0 aromatic heterocycles. The molecule has 0 aromatic rings. The Kier molecular flexibility index (Phi) is 38.1. The third-order valence-corrected chi connectivity index (χ3v) is 10.4. The van der Waals surface area contributed by atoms with Gasteiger partial charge in [-0.2, -0.15) is 0 Å². The van der Waals surface area contributed by atoms with E-state index in [1.807, 2.05) is 36.5 Å². The molecule has 0 aliphatic carbocycles. The molecule has 0 amide bonds. The number of phosphoric ester groups is 2. The maximum Gasteiger partial charge on any atom is 0.472 e. The predicted molar refractivity (Wildman–Crippen MR) is 236 cm³/mol. The summed E-state index contributed by atoms with van der Waals surface area (Å²) < 4.78 is 47.7. The smallest absolute Gasteiger partial charge is 0.462 e. The van der Waals surface area contributed by atoms with E-state index in [1.54, 1.807) is 12.2 Å². The van der Waals surface area contributed by atoms with E-state index in [0.717, 1.165) is 32.1 Å². The first-order chi connectivity index (χ1) is 28.8. The summed E-state index contributed by atoms with van der Waals surface area (Å²) in [5.41, 5.74) is 0. The van der Waals surface area contributed by atoms with Gasteiger partial charge in [0.1, 0.15) is 12.7 Å². The van der Waals surface area contributed by atoms with Crippen LogP contribution in [0.4, 0.5) is 0 Å². The standard InChI is InChI=1S/C44H78O14P2/c1-3-5-7-9-11-12-13-14-15-16-17-18-22-26-30-34-43(47)54-38-42(39-57-60(52,53)56-37-41(46)36-55-59(49,50)51)58-44(48)35-31-27-23-20-19-21-25-29-33-40(45)32-28-24-10-8-6-4-2/h6,8,20-21,23-25,28-29,33,40-42,45-46H,3-5,7,9-19,22,26-27,30-32,34-39H2,1-2H3,(H,52,53)(H2,49,50,51)/b8-6-,23-20-,25-21-,28-24-,33-29+/t40?,41-,42+/m0/s1. The number of carbonyl (C=O) groups is 2. The molecule has 4 atom stereocenters. The number of esters is 2.